The minimum absolute atomic E-state index is 0.398. The van der Waals surface area contributed by atoms with Gasteiger partial charge in [0.2, 0.25) is 0 Å². The van der Waals surface area contributed by atoms with Crippen molar-refractivity contribution in [2.45, 2.75) is 45.1 Å². The Hall–Kier alpha value is -1.35. The Balaban J connectivity index is 2.23. The molecule has 3 heteroatoms. The summed E-state index contributed by atoms with van der Waals surface area (Å²) < 4.78 is 0. The van der Waals surface area contributed by atoms with E-state index in [1.54, 1.807) is 0 Å². The number of hydrogen-bond donors (Lipinski definition) is 2. The number of rotatable bonds is 4. The highest BCUT2D eigenvalue weighted by molar-refractivity contribution is 5.77. The first-order valence-corrected chi connectivity index (χ1v) is 6.56. The van der Waals surface area contributed by atoms with Gasteiger partial charge in [0.25, 0.3) is 0 Å². The van der Waals surface area contributed by atoms with E-state index >= 15 is 0 Å². The summed E-state index contributed by atoms with van der Waals surface area (Å²) in [6.45, 7) is 4.28. The molecule has 0 radical (unpaired) electrons. The summed E-state index contributed by atoms with van der Waals surface area (Å²) in [4.78, 5) is 11.4. The fraction of sp³-hybridized carbons (Fsp3) is 0.533. The minimum atomic E-state index is -0.755. The van der Waals surface area contributed by atoms with E-state index in [4.69, 9.17) is 5.73 Å². The molecule has 1 aromatic rings. The molecule has 0 heterocycles. The fourth-order valence-electron chi connectivity index (χ4n) is 2.62. The van der Waals surface area contributed by atoms with E-state index in [1.165, 1.54) is 5.56 Å². The van der Waals surface area contributed by atoms with E-state index < -0.39 is 17.4 Å². The molecule has 0 spiro atoms. The van der Waals surface area contributed by atoms with Gasteiger partial charge in [0.15, 0.2) is 0 Å². The summed E-state index contributed by atoms with van der Waals surface area (Å²) in [5.41, 5.74) is 7.63. The molecule has 0 aromatic heterocycles. The molecule has 2 rings (SSSR count). The monoisotopic (exact) mass is 247 g/mol. The Morgan fingerprint density at radius 2 is 1.72 bits per heavy atom. The zero-order valence-electron chi connectivity index (χ0n) is 11.0. The van der Waals surface area contributed by atoms with Gasteiger partial charge in [0.1, 0.15) is 0 Å². The number of carboxylic acids is 1. The normalized spacial score (nSPS) is 19.3. The molecule has 0 saturated heterocycles. The third-order valence-electron chi connectivity index (χ3n) is 4.23. The third kappa shape index (κ3) is 2.03. The van der Waals surface area contributed by atoms with Crippen LogP contribution in [0.25, 0.3) is 0 Å². The molecule has 3 N–H and O–H groups in total. The topological polar surface area (TPSA) is 63.3 Å². The second-order valence-electron chi connectivity index (χ2n) is 5.61. The highest BCUT2D eigenvalue weighted by atomic mass is 16.4. The summed E-state index contributed by atoms with van der Waals surface area (Å²) in [5, 5.41) is 9.38. The number of carbonyl (C=O) groups is 1. The smallest absolute Gasteiger partial charge is 0.311 e. The highest BCUT2D eigenvalue weighted by Gasteiger charge is 2.49. The van der Waals surface area contributed by atoms with Gasteiger partial charge in [-0.2, -0.15) is 0 Å². The van der Waals surface area contributed by atoms with Crippen molar-refractivity contribution in [3.8, 4) is 0 Å². The van der Waals surface area contributed by atoms with Crippen molar-refractivity contribution in [3.63, 3.8) is 0 Å². The van der Waals surface area contributed by atoms with Crippen LogP contribution < -0.4 is 5.73 Å². The quantitative estimate of drug-likeness (QED) is 0.859. The molecular formula is C15H21NO2. The first-order chi connectivity index (χ1) is 8.47. The fourth-order valence-corrected chi connectivity index (χ4v) is 2.62. The summed E-state index contributed by atoms with van der Waals surface area (Å²) in [6, 6.07) is 7.65. The second kappa shape index (κ2) is 4.73. The number of benzene rings is 1. The molecule has 1 aromatic carbocycles. The minimum Gasteiger partial charge on any atom is -0.481 e. The summed E-state index contributed by atoms with van der Waals surface area (Å²) in [5.74, 6) is -0.276. The van der Waals surface area contributed by atoms with Gasteiger partial charge in [-0.15, -0.1) is 0 Å². The average Bonchev–Trinajstić information content (AvgIpc) is 2.27. The Labute approximate surface area is 108 Å². The molecule has 1 aliphatic rings. The number of hydrogen-bond acceptors (Lipinski definition) is 2. The first-order valence-electron chi connectivity index (χ1n) is 6.56. The Kier molecular flexibility index (Phi) is 3.44. The van der Waals surface area contributed by atoms with Crippen LogP contribution in [0.3, 0.4) is 0 Å². The summed E-state index contributed by atoms with van der Waals surface area (Å²) in [7, 11) is 0. The lowest BCUT2D eigenvalue weighted by Gasteiger charge is -2.42. The van der Waals surface area contributed by atoms with Gasteiger partial charge in [-0.05, 0) is 29.9 Å². The molecular weight excluding hydrogens is 226 g/mol. The average molecular weight is 247 g/mol. The number of aliphatic carboxylic acids is 1. The largest absolute Gasteiger partial charge is 0.481 e. The Morgan fingerprint density at radius 3 is 2.06 bits per heavy atom. The van der Waals surface area contributed by atoms with Crippen LogP contribution in [0.4, 0.5) is 0 Å². The van der Waals surface area contributed by atoms with Gasteiger partial charge in [0.05, 0.1) is 5.41 Å². The van der Waals surface area contributed by atoms with Crippen molar-refractivity contribution in [1.82, 2.24) is 0 Å². The van der Waals surface area contributed by atoms with Crippen LogP contribution in [0.5, 0.6) is 0 Å². The van der Waals surface area contributed by atoms with Gasteiger partial charge in [-0.1, -0.05) is 44.5 Å². The third-order valence-corrected chi connectivity index (χ3v) is 4.23. The molecule has 0 amide bonds. The van der Waals surface area contributed by atoms with Crippen molar-refractivity contribution < 1.29 is 9.90 Å². The molecule has 98 valence electrons. The molecule has 1 saturated carbocycles. The van der Waals surface area contributed by atoms with E-state index in [1.807, 2.05) is 24.3 Å². The van der Waals surface area contributed by atoms with E-state index in [0.29, 0.717) is 18.8 Å². The molecule has 1 atom stereocenters. The molecule has 3 nitrogen and oxygen atoms in total. The van der Waals surface area contributed by atoms with Crippen LogP contribution in [0.1, 0.15) is 56.2 Å². The lowest BCUT2D eigenvalue weighted by molar-refractivity contribution is -0.156. The van der Waals surface area contributed by atoms with Gasteiger partial charge < -0.3 is 10.8 Å². The zero-order valence-corrected chi connectivity index (χ0v) is 11.0. The van der Waals surface area contributed by atoms with E-state index in [9.17, 15) is 9.90 Å². The molecule has 0 aliphatic heterocycles. The Morgan fingerprint density at radius 1 is 1.22 bits per heavy atom. The van der Waals surface area contributed by atoms with Crippen LogP contribution in [0, 0.1) is 5.41 Å². The predicted octanol–water partition coefficient (Wildman–Crippen LogP) is 3.06. The lowest BCUT2D eigenvalue weighted by atomic mass is 9.62. The van der Waals surface area contributed by atoms with Crippen LogP contribution in [-0.4, -0.2) is 11.1 Å². The van der Waals surface area contributed by atoms with Crippen molar-refractivity contribution in [1.29, 1.82) is 0 Å². The van der Waals surface area contributed by atoms with Crippen LogP contribution in [-0.2, 0) is 4.79 Å². The predicted molar refractivity (Wildman–Crippen MR) is 71.4 cm³/mol. The number of nitrogens with two attached hydrogens (primary N) is 1. The van der Waals surface area contributed by atoms with Gasteiger partial charge >= 0.3 is 5.97 Å². The van der Waals surface area contributed by atoms with Gasteiger partial charge in [-0.3, -0.25) is 4.79 Å². The van der Waals surface area contributed by atoms with Crippen molar-refractivity contribution in [3.05, 3.63) is 35.4 Å². The van der Waals surface area contributed by atoms with Crippen LogP contribution in [0.15, 0.2) is 24.3 Å². The molecule has 1 unspecified atom stereocenters. The maximum absolute atomic E-state index is 11.4. The number of carboxylic acid groups (broad SMARTS) is 1. The maximum Gasteiger partial charge on any atom is 0.311 e. The maximum atomic E-state index is 11.4. The Bertz CT molecular complexity index is 432. The van der Waals surface area contributed by atoms with Gasteiger partial charge in [-0.25, -0.2) is 0 Å². The zero-order chi connectivity index (χ0) is 13.3. The van der Waals surface area contributed by atoms with Crippen molar-refractivity contribution >= 4 is 5.97 Å². The second-order valence-corrected chi connectivity index (χ2v) is 5.61. The molecule has 0 bridgehead atoms. The highest BCUT2D eigenvalue weighted by Crippen LogP contribution is 2.49. The van der Waals surface area contributed by atoms with E-state index in [2.05, 4.69) is 13.8 Å². The molecule has 18 heavy (non-hydrogen) atoms. The lowest BCUT2D eigenvalue weighted by Crippen LogP contribution is -2.46. The van der Waals surface area contributed by atoms with Crippen molar-refractivity contribution in [2.24, 2.45) is 11.1 Å². The van der Waals surface area contributed by atoms with Crippen LogP contribution in [0.2, 0.25) is 0 Å². The standard InChI is InChI=1S/C15H21NO2/c1-10(2)11-4-6-12(7-5-11)13(16)15(14(17)18)8-3-9-15/h4-7,10,13H,3,8-9,16H2,1-2H3,(H,17,18). The summed E-state index contributed by atoms with van der Waals surface area (Å²) >= 11 is 0. The van der Waals surface area contributed by atoms with Gasteiger partial charge in [0, 0.05) is 6.04 Å². The van der Waals surface area contributed by atoms with E-state index in [0.717, 1.165) is 12.0 Å². The summed E-state index contributed by atoms with van der Waals surface area (Å²) in [6.07, 6.45) is 2.34. The molecule has 1 fully saturated rings. The first kappa shape index (κ1) is 13.1. The van der Waals surface area contributed by atoms with Crippen LogP contribution >= 0.6 is 0 Å². The van der Waals surface area contributed by atoms with Crippen molar-refractivity contribution in [2.75, 3.05) is 0 Å². The van der Waals surface area contributed by atoms with E-state index in [-0.39, 0.29) is 0 Å². The SMILES string of the molecule is CC(C)c1ccc(C(N)C2(C(=O)O)CCC2)cc1. The molecule has 1 aliphatic carbocycles.